The van der Waals surface area contributed by atoms with Crippen molar-refractivity contribution >= 4 is 17.5 Å². The van der Waals surface area contributed by atoms with E-state index in [-0.39, 0.29) is 5.91 Å². The monoisotopic (exact) mass is 432 g/mol. The van der Waals surface area contributed by atoms with Crippen LogP contribution in [0.25, 0.3) is 0 Å². The van der Waals surface area contributed by atoms with Gasteiger partial charge in [0, 0.05) is 42.3 Å². The van der Waals surface area contributed by atoms with Crippen LogP contribution in [0, 0.1) is 6.92 Å². The molecule has 1 atom stereocenters. The number of halogens is 1. The number of aryl methyl sites for hydroxylation is 2. The largest absolute Gasteiger partial charge is 0.342 e. The number of nitrogens with zero attached hydrogens (tertiary/aromatic N) is 2. The Morgan fingerprint density at radius 1 is 1.06 bits per heavy atom. The van der Waals surface area contributed by atoms with E-state index in [4.69, 9.17) is 16.6 Å². The Balaban J connectivity index is 1.34. The number of likely N-dealkylation sites (tertiary alicyclic amines) is 1. The molecule has 1 aromatic heterocycles. The van der Waals surface area contributed by atoms with Crippen LogP contribution >= 0.6 is 11.6 Å². The molecule has 0 spiro atoms. The molecule has 4 heteroatoms. The average molecular weight is 433 g/mol. The number of hydrogen-bond acceptors (Lipinski definition) is 2. The predicted molar refractivity (Wildman–Crippen MR) is 127 cm³/mol. The lowest BCUT2D eigenvalue weighted by atomic mass is 9.93. The minimum atomic E-state index is 0.223. The summed E-state index contributed by atoms with van der Waals surface area (Å²) in [6.07, 6.45) is 6.26. The first-order valence-corrected chi connectivity index (χ1v) is 11.5. The molecule has 0 radical (unpaired) electrons. The van der Waals surface area contributed by atoms with Crippen LogP contribution in [0.5, 0.6) is 0 Å². The lowest BCUT2D eigenvalue weighted by Gasteiger charge is -2.32. The van der Waals surface area contributed by atoms with Crippen molar-refractivity contribution in [3.05, 3.63) is 99.8 Å². The quantitative estimate of drug-likeness (QED) is 0.480. The minimum Gasteiger partial charge on any atom is -0.342 e. The molecule has 2 aromatic carbocycles. The van der Waals surface area contributed by atoms with Gasteiger partial charge in [-0.15, -0.1) is 0 Å². The molecule has 1 aliphatic heterocycles. The van der Waals surface area contributed by atoms with Gasteiger partial charge in [-0.25, -0.2) is 0 Å². The van der Waals surface area contributed by atoms with Gasteiger partial charge < -0.3 is 4.90 Å². The zero-order valence-corrected chi connectivity index (χ0v) is 18.8. The Morgan fingerprint density at radius 3 is 2.68 bits per heavy atom. The molecule has 4 rings (SSSR count). The van der Waals surface area contributed by atoms with Crippen LogP contribution in [0.1, 0.15) is 53.1 Å². The van der Waals surface area contributed by atoms with Crippen LogP contribution in [-0.2, 0) is 17.6 Å². The highest BCUT2D eigenvalue weighted by atomic mass is 35.5. The van der Waals surface area contributed by atoms with Gasteiger partial charge in [-0.1, -0.05) is 59.6 Å². The summed E-state index contributed by atoms with van der Waals surface area (Å²) in [5.41, 5.74) is 6.02. The van der Waals surface area contributed by atoms with Gasteiger partial charge >= 0.3 is 0 Å². The number of amides is 1. The van der Waals surface area contributed by atoms with E-state index in [0.29, 0.717) is 12.3 Å². The number of benzene rings is 2. The Morgan fingerprint density at radius 2 is 1.90 bits per heavy atom. The number of aromatic nitrogens is 1. The van der Waals surface area contributed by atoms with E-state index < -0.39 is 0 Å². The van der Waals surface area contributed by atoms with Crippen molar-refractivity contribution in [1.29, 1.82) is 0 Å². The van der Waals surface area contributed by atoms with Crippen LogP contribution in [0.15, 0.2) is 66.9 Å². The van der Waals surface area contributed by atoms with Gasteiger partial charge in [-0.2, -0.15) is 0 Å². The van der Waals surface area contributed by atoms with Crippen molar-refractivity contribution in [2.75, 3.05) is 13.1 Å². The SMILES string of the molecule is Cc1cccc(Cc2ccc([C@H]3CCCN(C(=O)CCc4cccc(Cl)c4)C3)nc2)c1. The van der Waals surface area contributed by atoms with Gasteiger partial charge in [-0.05, 0) is 67.5 Å². The van der Waals surface area contributed by atoms with Crippen LogP contribution in [0.2, 0.25) is 5.02 Å². The maximum absolute atomic E-state index is 12.8. The molecule has 0 bridgehead atoms. The summed E-state index contributed by atoms with van der Waals surface area (Å²) in [5, 5.41) is 0.722. The van der Waals surface area contributed by atoms with Gasteiger partial charge in [-0.3, -0.25) is 9.78 Å². The van der Waals surface area contributed by atoms with Crippen molar-refractivity contribution < 1.29 is 4.79 Å². The van der Waals surface area contributed by atoms with Gasteiger partial charge in [0.2, 0.25) is 5.91 Å². The van der Waals surface area contributed by atoms with Crippen molar-refractivity contribution in [3.63, 3.8) is 0 Å². The maximum atomic E-state index is 12.8. The van der Waals surface area contributed by atoms with Crippen molar-refractivity contribution in [2.24, 2.45) is 0 Å². The summed E-state index contributed by atoms with van der Waals surface area (Å²) in [6, 6.07) is 20.7. The third-order valence-corrected chi connectivity index (χ3v) is 6.28. The van der Waals surface area contributed by atoms with Crippen molar-refractivity contribution in [3.8, 4) is 0 Å². The van der Waals surface area contributed by atoms with Gasteiger partial charge in [0.25, 0.3) is 0 Å². The molecule has 3 aromatic rings. The second-order valence-corrected chi connectivity index (χ2v) is 9.00. The van der Waals surface area contributed by atoms with E-state index in [1.165, 1.54) is 16.7 Å². The lowest BCUT2D eigenvalue weighted by molar-refractivity contribution is -0.132. The zero-order chi connectivity index (χ0) is 21.6. The van der Waals surface area contributed by atoms with Gasteiger partial charge in [0.1, 0.15) is 0 Å². The highest BCUT2D eigenvalue weighted by Crippen LogP contribution is 2.26. The van der Waals surface area contributed by atoms with E-state index >= 15 is 0 Å². The molecule has 1 aliphatic rings. The second-order valence-electron chi connectivity index (χ2n) is 8.57. The predicted octanol–water partition coefficient (Wildman–Crippen LogP) is 5.97. The van der Waals surface area contributed by atoms with E-state index in [1.54, 1.807) is 0 Å². The molecule has 3 nitrogen and oxygen atoms in total. The smallest absolute Gasteiger partial charge is 0.222 e. The molecule has 0 N–H and O–H groups in total. The number of hydrogen-bond donors (Lipinski definition) is 0. The fraction of sp³-hybridized carbons (Fsp3) is 0.333. The van der Waals surface area contributed by atoms with E-state index in [9.17, 15) is 4.79 Å². The number of carbonyl (C=O) groups is 1. The standard InChI is InChI=1S/C27H29ClN2O/c1-20-5-2-7-22(15-20)16-23-10-12-26(29-18-23)24-8-4-14-30(19-24)27(31)13-11-21-6-3-9-25(28)17-21/h2-3,5-7,9-10,12,15,17-18,24H,4,8,11,13-14,16,19H2,1H3/t24-/m0/s1. The number of piperidine rings is 1. The van der Waals surface area contributed by atoms with Gasteiger partial charge in [0.15, 0.2) is 0 Å². The normalized spacial score (nSPS) is 16.3. The third-order valence-electron chi connectivity index (χ3n) is 6.05. The Kier molecular flexibility index (Phi) is 7.03. The number of pyridine rings is 1. The molecular weight excluding hydrogens is 404 g/mol. The summed E-state index contributed by atoms with van der Waals surface area (Å²) < 4.78 is 0. The van der Waals surface area contributed by atoms with Crippen LogP contribution in [0.3, 0.4) is 0 Å². The number of carbonyl (C=O) groups excluding carboxylic acids is 1. The van der Waals surface area contributed by atoms with Crippen LogP contribution in [-0.4, -0.2) is 28.9 Å². The summed E-state index contributed by atoms with van der Waals surface area (Å²) in [4.78, 5) is 19.6. The summed E-state index contributed by atoms with van der Waals surface area (Å²) in [6.45, 7) is 3.73. The average Bonchev–Trinajstić information content (AvgIpc) is 2.78. The summed E-state index contributed by atoms with van der Waals surface area (Å²) in [5.74, 6) is 0.539. The Bertz CT molecular complexity index is 1030. The molecule has 2 heterocycles. The third kappa shape index (κ3) is 5.95. The lowest BCUT2D eigenvalue weighted by Crippen LogP contribution is -2.39. The number of rotatable bonds is 6. The molecule has 0 aliphatic carbocycles. The first-order valence-electron chi connectivity index (χ1n) is 11.1. The molecule has 160 valence electrons. The molecule has 0 saturated carbocycles. The first-order chi connectivity index (χ1) is 15.1. The highest BCUT2D eigenvalue weighted by molar-refractivity contribution is 6.30. The molecule has 31 heavy (non-hydrogen) atoms. The Labute approximate surface area is 190 Å². The molecule has 1 fully saturated rings. The molecule has 1 saturated heterocycles. The van der Waals surface area contributed by atoms with Crippen molar-refractivity contribution in [2.45, 2.75) is 44.9 Å². The minimum absolute atomic E-state index is 0.223. The van der Waals surface area contributed by atoms with Crippen molar-refractivity contribution in [1.82, 2.24) is 9.88 Å². The highest BCUT2D eigenvalue weighted by Gasteiger charge is 2.25. The maximum Gasteiger partial charge on any atom is 0.222 e. The second kappa shape index (κ2) is 10.1. The summed E-state index contributed by atoms with van der Waals surface area (Å²) >= 11 is 6.06. The van der Waals surface area contributed by atoms with Crippen LogP contribution in [0.4, 0.5) is 0 Å². The fourth-order valence-electron chi connectivity index (χ4n) is 4.39. The zero-order valence-electron chi connectivity index (χ0n) is 18.1. The Hall–Kier alpha value is -2.65. The van der Waals surface area contributed by atoms with Gasteiger partial charge in [0.05, 0.1) is 0 Å². The first kappa shape index (κ1) is 21.6. The summed E-state index contributed by atoms with van der Waals surface area (Å²) in [7, 11) is 0. The molecular formula is C27H29ClN2O. The van der Waals surface area contributed by atoms with Crippen LogP contribution < -0.4 is 0 Å². The van der Waals surface area contributed by atoms with E-state index in [2.05, 4.69) is 43.3 Å². The van der Waals surface area contributed by atoms with E-state index in [1.807, 2.05) is 35.4 Å². The fourth-order valence-corrected chi connectivity index (χ4v) is 4.60. The molecule has 1 amide bonds. The molecule has 0 unspecified atom stereocenters. The van der Waals surface area contributed by atoms with E-state index in [0.717, 1.165) is 55.1 Å². The topological polar surface area (TPSA) is 33.2 Å².